The molecule has 1 fully saturated rings. The van der Waals surface area contributed by atoms with Gasteiger partial charge in [0.25, 0.3) is 0 Å². The van der Waals surface area contributed by atoms with E-state index in [-0.39, 0.29) is 17.7 Å². The van der Waals surface area contributed by atoms with Crippen LogP contribution in [-0.4, -0.2) is 27.6 Å². The predicted molar refractivity (Wildman–Crippen MR) is 87.5 cm³/mol. The zero-order valence-electron chi connectivity index (χ0n) is 12.6. The van der Waals surface area contributed by atoms with Crippen LogP contribution in [0.3, 0.4) is 0 Å². The van der Waals surface area contributed by atoms with E-state index in [2.05, 4.69) is 15.7 Å². The fraction of sp³-hybridized carbons (Fsp3) is 0.312. The smallest absolute Gasteiger partial charge is 0.247 e. The van der Waals surface area contributed by atoms with Gasteiger partial charge in [0.2, 0.25) is 11.8 Å². The number of carbonyl (C=O) groups is 2. The molecule has 1 saturated heterocycles. The van der Waals surface area contributed by atoms with Crippen LogP contribution < -0.4 is 10.6 Å². The van der Waals surface area contributed by atoms with Crippen molar-refractivity contribution in [2.24, 2.45) is 5.92 Å². The summed E-state index contributed by atoms with van der Waals surface area (Å²) in [4.78, 5) is 24.1. The van der Waals surface area contributed by atoms with E-state index in [0.717, 1.165) is 0 Å². The van der Waals surface area contributed by atoms with Crippen molar-refractivity contribution in [1.29, 1.82) is 0 Å². The summed E-state index contributed by atoms with van der Waals surface area (Å²) in [6.45, 7) is 1.97. The molecule has 1 aliphatic rings. The molecule has 1 aromatic carbocycles. The van der Waals surface area contributed by atoms with Crippen LogP contribution in [0.4, 0.5) is 5.69 Å². The summed E-state index contributed by atoms with van der Waals surface area (Å²) in [5.41, 5.74) is 1.15. The number of rotatable bonds is 3. The lowest BCUT2D eigenvalue weighted by molar-refractivity contribution is -0.129. The van der Waals surface area contributed by atoms with E-state index in [1.165, 1.54) is 0 Å². The third-order valence-electron chi connectivity index (χ3n) is 3.80. The van der Waals surface area contributed by atoms with Gasteiger partial charge in [0, 0.05) is 18.8 Å². The Kier molecular flexibility index (Phi) is 4.34. The number of anilines is 1. The van der Waals surface area contributed by atoms with E-state index in [9.17, 15) is 9.59 Å². The zero-order valence-corrected chi connectivity index (χ0v) is 13.4. The first-order valence-corrected chi connectivity index (χ1v) is 7.81. The maximum absolute atomic E-state index is 12.5. The van der Waals surface area contributed by atoms with Gasteiger partial charge in [-0.15, -0.1) is 0 Å². The number of nitrogens with zero attached hydrogens (tertiary/aromatic N) is 2. The van der Waals surface area contributed by atoms with Crippen molar-refractivity contribution >= 4 is 29.1 Å². The molecule has 0 bridgehead atoms. The molecule has 2 heterocycles. The number of para-hydroxylation sites is 1. The molecule has 7 heteroatoms. The monoisotopic (exact) mass is 332 g/mol. The molecule has 2 aromatic rings. The van der Waals surface area contributed by atoms with Gasteiger partial charge < -0.3 is 10.6 Å². The fourth-order valence-electron chi connectivity index (χ4n) is 2.76. The summed E-state index contributed by atoms with van der Waals surface area (Å²) in [7, 11) is 0. The molecule has 6 nitrogen and oxygen atoms in total. The average molecular weight is 333 g/mol. The van der Waals surface area contributed by atoms with Gasteiger partial charge in [0.05, 0.1) is 10.7 Å². The van der Waals surface area contributed by atoms with Crippen molar-refractivity contribution in [3.63, 3.8) is 0 Å². The third kappa shape index (κ3) is 3.37. The number of aromatic nitrogens is 2. The Balaban J connectivity index is 1.84. The highest BCUT2D eigenvalue weighted by molar-refractivity contribution is 6.33. The van der Waals surface area contributed by atoms with Gasteiger partial charge in [0.15, 0.2) is 0 Å². The van der Waals surface area contributed by atoms with E-state index in [1.54, 1.807) is 41.3 Å². The Morgan fingerprint density at radius 1 is 1.43 bits per heavy atom. The van der Waals surface area contributed by atoms with Gasteiger partial charge in [-0.2, -0.15) is 5.10 Å². The molecule has 0 aliphatic carbocycles. The highest BCUT2D eigenvalue weighted by Crippen LogP contribution is 2.28. The lowest BCUT2D eigenvalue weighted by Gasteiger charge is -2.27. The van der Waals surface area contributed by atoms with Crippen molar-refractivity contribution in [3.8, 4) is 5.69 Å². The molecule has 23 heavy (non-hydrogen) atoms. The summed E-state index contributed by atoms with van der Waals surface area (Å²) >= 11 is 6.25. The summed E-state index contributed by atoms with van der Waals surface area (Å²) in [5, 5.41) is 10.2. The van der Waals surface area contributed by atoms with Crippen LogP contribution >= 0.6 is 11.6 Å². The second-order valence-electron chi connectivity index (χ2n) is 5.74. The summed E-state index contributed by atoms with van der Waals surface area (Å²) < 4.78 is 1.60. The highest BCUT2D eigenvalue weighted by Gasteiger charge is 2.29. The Bertz CT molecular complexity index is 730. The molecule has 0 unspecified atom stereocenters. The molecule has 2 atom stereocenters. The Hall–Kier alpha value is -2.34. The average Bonchev–Trinajstić information content (AvgIpc) is 3.00. The molecule has 2 N–H and O–H groups in total. The number of halogens is 1. The third-order valence-corrected chi connectivity index (χ3v) is 4.11. The number of hydrogen-bond acceptors (Lipinski definition) is 3. The number of benzene rings is 1. The van der Waals surface area contributed by atoms with Crippen LogP contribution in [0, 0.1) is 5.92 Å². The molecular formula is C16H17ClN4O2. The van der Waals surface area contributed by atoms with Gasteiger partial charge in [0.1, 0.15) is 11.7 Å². The van der Waals surface area contributed by atoms with Gasteiger partial charge >= 0.3 is 0 Å². The molecule has 1 aliphatic heterocycles. The lowest BCUT2D eigenvalue weighted by atomic mass is 9.93. The van der Waals surface area contributed by atoms with Crippen molar-refractivity contribution in [1.82, 2.24) is 15.1 Å². The van der Waals surface area contributed by atoms with Crippen molar-refractivity contribution in [2.75, 3.05) is 5.32 Å². The standard InChI is InChI=1S/C16H17ClN4O2/c1-10-8-13(19-14(22)9-10)16(23)20-12-5-2-4-11(17)15(12)21-7-3-6-18-21/h2-7,10,13H,8-9H2,1H3,(H,19,22)(H,20,23)/t10-,13-/m0/s1. The number of piperidine rings is 1. The normalized spacial score (nSPS) is 20.9. The minimum atomic E-state index is -0.532. The highest BCUT2D eigenvalue weighted by atomic mass is 35.5. The summed E-state index contributed by atoms with van der Waals surface area (Å²) in [5.74, 6) is -0.160. The largest absolute Gasteiger partial charge is 0.344 e. The van der Waals surface area contributed by atoms with E-state index >= 15 is 0 Å². The Morgan fingerprint density at radius 2 is 2.26 bits per heavy atom. The maximum Gasteiger partial charge on any atom is 0.247 e. The first-order chi connectivity index (χ1) is 11.0. The summed E-state index contributed by atoms with van der Waals surface area (Å²) in [6, 6.07) is 6.49. The van der Waals surface area contributed by atoms with Crippen LogP contribution in [0.5, 0.6) is 0 Å². The SMILES string of the molecule is C[C@@H]1CC(=O)N[C@H](C(=O)Nc2cccc(Cl)c2-n2cccn2)C1. The number of hydrogen-bond donors (Lipinski definition) is 2. The topological polar surface area (TPSA) is 76.0 Å². The molecule has 2 amide bonds. The van der Waals surface area contributed by atoms with Crippen LogP contribution in [0.15, 0.2) is 36.7 Å². The second kappa shape index (κ2) is 6.42. The quantitative estimate of drug-likeness (QED) is 0.906. The number of amides is 2. The van der Waals surface area contributed by atoms with Crippen LogP contribution in [0.25, 0.3) is 5.69 Å². The molecule has 3 rings (SSSR count). The minimum Gasteiger partial charge on any atom is -0.344 e. The Morgan fingerprint density at radius 3 is 2.96 bits per heavy atom. The minimum absolute atomic E-state index is 0.0951. The van der Waals surface area contributed by atoms with E-state index in [0.29, 0.717) is 29.2 Å². The number of nitrogens with one attached hydrogen (secondary N) is 2. The first kappa shape index (κ1) is 15.6. The van der Waals surface area contributed by atoms with E-state index in [4.69, 9.17) is 11.6 Å². The predicted octanol–water partition coefficient (Wildman–Crippen LogP) is 2.38. The van der Waals surface area contributed by atoms with Crippen molar-refractivity contribution in [2.45, 2.75) is 25.8 Å². The summed E-state index contributed by atoms with van der Waals surface area (Å²) in [6.07, 6.45) is 4.47. The van der Waals surface area contributed by atoms with Gasteiger partial charge in [-0.3, -0.25) is 9.59 Å². The maximum atomic E-state index is 12.5. The van der Waals surface area contributed by atoms with Crippen molar-refractivity contribution in [3.05, 3.63) is 41.7 Å². The van der Waals surface area contributed by atoms with Gasteiger partial charge in [-0.05, 0) is 30.5 Å². The molecular weight excluding hydrogens is 316 g/mol. The van der Waals surface area contributed by atoms with Crippen LogP contribution in [0.2, 0.25) is 5.02 Å². The van der Waals surface area contributed by atoms with Gasteiger partial charge in [-0.25, -0.2) is 4.68 Å². The van der Waals surface area contributed by atoms with E-state index in [1.807, 2.05) is 6.92 Å². The van der Waals surface area contributed by atoms with Gasteiger partial charge in [-0.1, -0.05) is 24.6 Å². The second-order valence-corrected chi connectivity index (χ2v) is 6.15. The van der Waals surface area contributed by atoms with E-state index < -0.39 is 6.04 Å². The zero-order chi connectivity index (χ0) is 16.4. The van der Waals surface area contributed by atoms with Crippen LogP contribution in [0.1, 0.15) is 19.8 Å². The molecule has 0 radical (unpaired) electrons. The first-order valence-electron chi connectivity index (χ1n) is 7.43. The lowest BCUT2D eigenvalue weighted by Crippen LogP contribution is -2.48. The molecule has 0 spiro atoms. The molecule has 0 saturated carbocycles. The number of carbonyl (C=O) groups excluding carboxylic acids is 2. The molecule has 1 aromatic heterocycles. The Labute approximate surface area is 138 Å². The van der Waals surface area contributed by atoms with Crippen LogP contribution in [-0.2, 0) is 9.59 Å². The van der Waals surface area contributed by atoms with Crippen molar-refractivity contribution < 1.29 is 9.59 Å². The fourth-order valence-corrected chi connectivity index (χ4v) is 3.02. The molecule has 120 valence electrons.